The summed E-state index contributed by atoms with van der Waals surface area (Å²) < 4.78 is 1.66. The molecule has 26 heavy (non-hydrogen) atoms. The van der Waals surface area contributed by atoms with Gasteiger partial charge in [0, 0.05) is 32.1 Å². The van der Waals surface area contributed by atoms with Crippen LogP contribution in [0.2, 0.25) is 0 Å². The predicted octanol–water partition coefficient (Wildman–Crippen LogP) is 1.32. The molecule has 4 heterocycles. The summed E-state index contributed by atoms with van der Waals surface area (Å²) in [5.41, 5.74) is 1.14. The Kier molecular flexibility index (Phi) is 4.69. The Labute approximate surface area is 152 Å². The minimum atomic E-state index is -0.0761. The molecule has 3 saturated heterocycles. The first kappa shape index (κ1) is 16.8. The second-order valence-corrected chi connectivity index (χ2v) is 7.09. The van der Waals surface area contributed by atoms with Gasteiger partial charge in [0.05, 0.1) is 12.5 Å². The molecule has 3 aliphatic rings. The van der Waals surface area contributed by atoms with Gasteiger partial charge in [0.25, 0.3) is 0 Å². The Balaban J connectivity index is 1.43. The second-order valence-electron chi connectivity index (χ2n) is 7.09. The lowest BCUT2D eigenvalue weighted by Crippen LogP contribution is -2.47. The van der Waals surface area contributed by atoms with Gasteiger partial charge in [0.2, 0.25) is 11.8 Å². The van der Waals surface area contributed by atoms with Crippen molar-refractivity contribution in [3.63, 3.8) is 0 Å². The molecule has 1 aromatic heterocycles. The molecule has 136 valence electrons. The fourth-order valence-electron chi connectivity index (χ4n) is 3.95. The highest BCUT2D eigenvalue weighted by Crippen LogP contribution is 2.30. The number of nitrogens with zero attached hydrogens (tertiary/aromatic N) is 5. The van der Waals surface area contributed by atoms with Gasteiger partial charge >= 0.3 is 0 Å². The first-order valence-electron chi connectivity index (χ1n) is 9.15. The van der Waals surface area contributed by atoms with Gasteiger partial charge in [0.15, 0.2) is 0 Å². The fraction of sp³-hybridized carbons (Fsp3) is 0.474. The third-order valence-corrected chi connectivity index (χ3v) is 5.36. The van der Waals surface area contributed by atoms with Gasteiger partial charge < -0.3 is 9.80 Å². The number of carbonyl (C=O) groups is 2. The maximum absolute atomic E-state index is 12.9. The smallest absolute Gasteiger partial charge is 0.228 e. The van der Waals surface area contributed by atoms with Gasteiger partial charge in [-0.2, -0.15) is 5.10 Å². The molecule has 3 aliphatic heterocycles. The molecule has 0 radical (unpaired) electrons. The van der Waals surface area contributed by atoms with Crippen LogP contribution in [-0.2, 0) is 22.7 Å². The van der Waals surface area contributed by atoms with Crippen LogP contribution in [-0.4, -0.2) is 55.5 Å². The van der Waals surface area contributed by atoms with Crippen molar-refractivity contribution >= 4 is 11.8 Å². The number of rotatable bonds is 5. The maximum Gasteiger partial charge on any atom is 0.228 e. The van der Waals surface area contributed by atoms with Crippen molar-refractivity contribution in [3.05, 3.63) is 48.5 Å². The summed E-state index contributed by atoms with van der Waals surface area (Å²) in [7, 11) is 0. The van der Waals surface area contributed by atoms with Crippen LogP contribution >= 0.6 is 0 Å². The standard InChI is InChI=1S/C19H23N5O2/c25-18(8-9-23-14-20-13-21-23)22-11-16-6-7-17(12-22)24(19(16)26)10-15-4-2-1-3-5-15/h1-5,13-14,16-17H,6-12H2/t16-,17+/m0/s1. The van der Waals surface area contributed by atoms with E-state index in [4.69, 9.17) is 0 Å². The first-order valence-corrected chi connectivity index (χ1v) is 9.15. The van der Waals surface area contributed by atoms with E-state index in [1.165, 1.54) is 6.33 Å². The van der Waals surface area contributed by atoms with Crippen LogP contribution in [0.1, 0.15) is 24.8 Å². The monoisotopic (exact) mass is 353 g/mol. The molecule has 2 aromatic rings. The topological polar surface area (TPSA) is 71.3 Å². The summed E-state index contributed by atoms with van der Waals surface area (Å²) in [6.45, 7) is 2.32. The Hall–Kier alpha value is -2.70. The lowest BCUT2D eigenvalue weighted by molar-refractivity contribution is -0.140. The molecular formula is C19H23N5O2. The average molecular weight is 353 g/mol. The lowest BCUT2D eigenvalue weighted by Gasteiger charge is -2.36. The van der Waals surface area contributed by atoms with E-state index in [2.05, 4.69) is 10.1 Å². The van der Waals surface area contributed by atoms with Gasteiger partial charge in [-0.05, 0) is 18.4 Å². The average Bonchev–Trinajstić information content (AvgIpc) is 3.04. The number of carbonyl (C=O) groups excluding carboxylic acids is 2. The van der Waals surface area contributed by atoms with Gasteiger partial charge in [-0.15, -0.1) is 0 Å². The number of hydrogen-bond donors (Lipinski definition) is 0. The summed E-state index contributed by atoms with van der Waals surface area (Å²) in [5, 5.41) is 4.04. The molecule has 2 amide bonds. The number of aryl methyl sites for hydroxylation is 1. The van der Waals surface area contributed by atoms with E-state index in [-0.39, 0.29) is 23.8 Å². The SMILES string of the molecule is O=C(CCn1cncn1)N1C[C@@H]2CC[C@H](C1)N(Cc1ccccc1)C2=O. The van der Waals surface area contributed by atoms with Crippen molar-refractivity contribution in [2.24, 2.45) is 5.92 Å². The van der Waals surface area contributed by atoms with Crippen LogP contribution in [0.4, 0.5) is 0 Å². The predicted molar refractivity (Wildman–Crippen MR) is 94.7 cm³/mol. The third-order valence-electron chi connectivity index (χ3n) is 5.36. The van der Waals surface area contributed by atoms with Crippen LogP contribution in [0.25, 0.3) is 0 Å². The van der Waals surface area contributed by atoms with Gasteiger partial charge in [0.1, 0.15) is 12.7 Å². The molecule has 5 rings (SSSR count). The molecule has 0 saturated carbocycles. The molecule has 0 N–H and O–H groups in total. The molecule has 7 heteroatoms. The Morgan fingerprint density at radius 2 is 2.00 bits per heavy atom. The van der Waals surface area contributed by atoms with Crippen LogP contribution in [0.5, 0.6) is 0 Å². The molecule has 1 aromatic carbocycles. The first-order chi connectivity index (χ1) is 12.7. The lowest BCUT2D eigenvalue weighted by atomic mass is 9.93. The Morgan fingerprint density at radius 1 is 1.15 bits per heavy atom. The zero-order valence-corrected chi connectivity index (χ0v) is 14.7. The number of fused-ring (bicyclic) bond motifs is 4. The number of hydrogen-bond acceptors (Lipinski definition) is 4. The highest BCUT2D eigenvalue weighted by atomic mass is 16.2. The zero-order chi connectivity index (χ0) is 17.9. The molecule has 0 aliphatic carbocycles. The molecule has 2 atom stereocenters. The quantitative estimate of drug-likeness (QED) is 0.813. The molecule has 0 spiro atoms. The van der Waals surface area contributed by atoms with Gasteiger partial charge in [-0.1, -0.05) is 30.3 Å². The van der Waals surface area contributed by atoms with E-state index in [0.717, 1.165) is 18.4 Å². The number of piperidine rings is 1. The largest absolute Gasteiger partial charge is 0.340 e. The summed E-state index contributed by atoms with van der Waals surface area (Å²) in [4.78, 5) is 33.3. The Morgan fingerprint density at radius 3 is 2.77 bits per heavy atom. The molecular weight excluding hydrogens is 330 g/mol. The molecule has 0 unspecified atom stereocenters. The molecule has 2 bridgehead atoms. The minimum Gasteiger partial charge on any atom is -0.340 e. The maximum atomic E-state index is 12.9. The van der Waals surface area contributed by atoms with E-state index < -0.39 is 0 Å². The second kappa shape index (κ2) is 7.27. The van der Waals surface area contributed by atoms with Gasteiger partial charge in [-0.25, -0.2) is 4.98 Å². The summed E-state index contributed by atoms with van der Waals surface area (Å²) in [6.07, 6.45) is 5.31. The van der Waals surface area contributed by atoms with Crippen molar-refractivity contribution in [2.45, 2.75) is 38.4 Å². The van der Waals surface area contributed by atoms with Crippen molar-refractivity contribution in [1.29, 1.82) is 0 Å². The van der Waals surface area contributed by atoms with E-state index in [1.807, 2.05) is 40.1 Å². The molecule has 7 nitrogen and oxygen atoms in total. The van der Waals surface area contributed by atoms with Crippen molar-refractivity contribution in [3.8, 4) is 0 Å². The van der Waals surface area contributed by atoms with E-state index >= 15 is 0 Å². The molecule has 3 fully saturated rings. The van der Waals surface area contributed by atoms with Crippen LogP contribution < -0.4 is 0 Å². The normalized spacial score (nSPS) is 22.5. The zero-order valence-electron chi connectivity index (χ0n) is 14.7. The van der Waals surface area contributed by atoms with E-state index in [0.29, 0.717) is 32.6 Å². The van der Waals surface area contributed by atoms with Gasteiger partial charge in [-0.3, -0.25) is 14.3 Å². The van der Waals surface area contributed by atoms with Crippen molar-refractivity contribution in [2.75, 3.05) is 13.1 Å². The Bertz CT molecular complexity index is 762. The van der Waals surface area contributed by atoms with Crippen LogP contribution in [0, 0.1) is 5.92 Å². The number of amides is 2. The number of benzene rings is 1. The van der Waals surface area contributed by atoms with Crippen molar-refractivity contribution in [1.82, 2.24) is 24.6 Å². The third kappa shape index (κ3) is 3.47. The highest BCUT2D eigenvalue weighted by Gasteiger charge is 2.41. The summed E-state index contributed by atoms with van der Waals surface area (Å²) in [6, 6.07) is 10.2. The van der Waals surface area contributed by atoms with E-state index in [1.54, 1.807) is 11.0 Å². The summed E-state index contributed by atoms with van der Waals surface area (Å²) >= 11 is 0. The summed E-state index contributed by atoms with van der Waals surface area (Å²) in [5.74, 6) is 0.205. The van der Waals surface area contributed by atoms with Crippen LogP contribution in [0.15, 0.2) is 43.0 Å². The fourth-order valence-corrected chi connectivity index (χ4v) is 3.95. The highest BCUT2D eigenvalue weighted by molar-refractivity contribution is 5.83. The van der Waals surface area contributed by atoms with E-state index in [9.17, 15) is 9.59 Å². The minimum absolute atomic E-state index is 0.0761. The number of aromatic nitrogens is 3. The van der Waals surface area contributed by atoms with Crippen LogP contribution in [0.3, 0.4) is 0 Å². The van der Waals surface area contributed by atoms with Crippen molar-refractivity contribution < 1.29 is 9.59 Å².